The molecule has 4 heteroatoms. The van der Waals surface area contributed by atoms with Crippen molar-refractivity contribution in [1.29, 1.82) is 0 Å². The summed E-state index contributed by atoms with van der Waals surface area (Å²) in [6, 6.07) is 7.90. The first-order valence-corrected chi connectivity index (χ1v) is 7.55. The molecule has 0 radical (unpaired) electrons. The van der Waals surface area contributed by atoms with Crippen LogP contribution in [0, 0.1) is 5.41 Å². The van der Waals surface area contributed by atoms with Gasteiger partial charge in [-0.15, -0.1) is 0 Å². The van der Waals surface area contributed by atoms with Gasteiger partial charge in [-0.3, -0.25) is 4.90 Å². The van der Waals surface area contributed by atoms with Crippen LogP contribution >= 0.6 is 15.9 Å². The minimum Gasteiger partial charge on any atom is -0.492 e. The van der Waals surface area contributed by atoms with Gasteiger partial charge >= 0.3 is 0 Å². The molecule has 2 rings (SSSR count). The lowest BCUT2D eigenvalue weighted by atomic mass is 9.81. The maximum atomic E-state index is 9.92. The van der Waals surface area contributed by atoms with E-state index in [4.69, 9.17) is 4.74 Å². The summed E-state index contributed by atoms with van der Waals surface area (Å²) in [5.41, 5.74) is -0.0180. The van der Waals surface area contributed by atoms with Crippen LogP contribution < -0.4 is 4.74 Å². The molecule has 1 aromatic rings. The predicted octanol–water partition coefficient (Wildman–Crippen LogP) is 2.92. The topological polar surface area (TPSA) is 32.7 Å². The summed E-state index contributed by atoms with van der Waals surface area (Å²) >= 11 is 3.41. The van der Waals surface area contributed by atoms with Crippen molar-refractivity contribution < 1.29 is 9.84 Å². The fourth-order valence-electron chi connectivity index (χ4n) is 2.47. The number of benzene rings is 1. The molecule has 1 fully saturated rings. The van der Waals surface area contributed by atoms with Crippen LogP contribution in [-0.4, -0.2) is 42.4 Å². The lowest BCUT2D eigenvalue weighted by Crippen LogP contribution is -2.49. The van der Waals surface area contributed by atoms with Crippen molar-refractivity contribution in [2.75, 3.05) is 26.2 Å². The van der Waals surface area contributed by atoms with Crippen LogP contribution in [-0.2, 0) is 0 Å². The van der Waals surface area contributed by atoms with Gasteiger partial charge in [0.2, 0.25) is 0 Å². The largest absolute Gasteiger partial charge is 0.492 e. The molecule has 0 bridgehead atoms. The van der Waals surface area contributed by atoms with Crippen molar-refractivity contribution in [1.82, 2.24) is 4.90 Å². The Balaban J connectivity index is 1.76. The highest BCUT2D eigenvalue weighted by Gasteiger charge is 2.34. The second kappa shape index (κ2) is 6.25. The average molecular weight is 328 g/mol. The van der Waals surface area contributed by atoms with E-state index in [1.165, 1.54) is 0 Å². The van der Waals surface area contributed by atoms with Gasteiger partial charge in [0, 0.05) is 29.5 Å². The van der Waals surface area contributed by atoms with Gasteiger partial charge in [0.1, 0.15) is 12.4 Å². The SMILES string of the molecule is CC1(C)CN(CCOc2ccc(Br)cc2)CCC1O. The molecule has 0 aliphatic carbocycles. The standard InChI is InChI=1S/C15H22BrNO2/c1-15(2)11-17(8-7-14(15)18)9-10-19-13-5-3-12(16)4-6-13/h3-6,14,18H,7-11H2,1-2H3. The maximum Gasteiger partial charge on any atom is 0.119 e. The minimum absolute atomic E-state index is 0.0180. The second-order valence-corrected chi connectivity index (χ2v) is 6.79. The van der Waals surface area contributed by atoms with E-state index in [1.807, 2.05) is 24.3 Å². The molecule has 1 aliphatic heterocycles. The molecule has 3 nitrogen and oxygen atoms in total. The summed E-state index contributed by atoms with van der Waals surface area (Å²) in [7, 11) is 0. The summed E-state index contributed by atoms with van der Waals surface area (Å²) in [5.74, 6) is 0.902. The number of hydrogen-bond acceptors (Lipinski definition) is 3. The lowest BCUT2D eigenvalue weighted by Gasteiger charge is -2.41. The van der Waals surface area contributed by atoms with Crippen molar-refractivity contribution >= 4 is 15.9 Å². The molecule has 1 unspecified atom stereocenters. The van der Waals surface area contributed by atoms with Gasteiger partial charge in [0.15, 0.2) is 0 Å². The van der Waals surface area contributed by atoms with Gasteiger partial charge in [0.25, 0.3) is 0 Å². The quantitative estimate of drug-likeness (QED) is 0.922. The van der Waals surface area contributed by atoms with Gasteiger partial charge in [-0.05, 0) is 30.7 Å². The molecule has 0 aromatic heterocycles. The fraction of sp³-hybridized carbons (Fsp3) is 0.600. The van der Waals surface area contributed by atoms with Crippen LogP contribution in [0.15, 0.2) is 28.7 Å². The van der Waals surface area contributed by atoms with Crippen LogP contribution in [0.5, 0.6) is 5.75 Å². The van der Waals surface area contributed by atoms with E-state index in [0.717, 1.165) is 36.3 Å². The van der Waals surface area contributed by atoms with Gasteiger partial charge in [-0.1, -0.05) is 29.8 Å². The van der Waals surface area contributed by atoms with Crippen LogP contribution in [0.2, 0.25) is 0 Å². The zero-order valence-electron chi connectivity index (χ0n) is 11.6. The molecule has 0 saturated carbocycles. The Labute approximate surface area is 123 Å². The van der Waals surface area contributed by atoms with E-state index < -0.39 is 0 Å². The first-order chi connectivity index (χ1) is 8.97. The number of aliphatic hydroxyl groups excluding tert-OH is 1. The highest BCUT2D eigenvalue weighted by molar-refractivity contribution is 9.10. The van der Waals surface area contributed by atoms with Crippen LogP contribution in [0.4, 0.5) is 0 Å². The van der Waals surface area contributed by atoms with Crippen molar-refractivity contribution in [3.05, 3.63) is 28.7 Å². The molecule has 1 atom stereocenters. The number of nitrogens with zero attached hydrogens (tertiary/aromatic N) is 1. The zero-order chi connectivity index (χ0) is 13.9. The van der Waals surface area contributed by atoms with E-state index in [0.29, 0.717) is 6.61 Å². The van der Waals surface area contributed by atoms with Gasteiger partial charge in [0.05, 0.1) is 6.10 Å². The molecule has 106 valence electrons. The molecule has 0 spiro atoms. The van der Waals surface area contributed by atoms with E-state index in [2.05, 4.69) is 34.7 Å². The average Bonchev–Trinajstić information content (AvgIpc) is 2.36. The predicted molar refractivity (Wildman–Crippen MR) is 80.5 cm³/mol. The van der Waals surface area contributed by atoms with Crippen molar-refractivity contribution in [2.45, 2.75) is 26.4 Å². The summed E-state index contributed by atoms with van der Waals surface area (Å²) < 4.78 is 6.80. The first kappa shape index (κ1) is 14.8. The molecular formula is C15H22BrNO2. The fourth-order valence-corrected chi connectivity index (χ4v) is 2.73. The van der Waals surface area contributed by atoms with Crippen LogP contribution in [0.3, 0.4) is 0 Å². The Kier molecular flexibility index (Phi) is 4.87. The number of hydrogen-bond donors (Lipinski definition) is 1. The summed E-state index contributed by atoms with van der Waals surface area (Å²) in [6.45, 7) is 7.73. The normalized spacial score (nSPS) is 23.3. The van der Waals surface area contributed by atoms with Crippen molar-refractivity contribution in [2.24, 2.45) is 5.41 Å². The number of aliphatic hydroxyl groups is 1. The monoisotopic (exact) mass is 327 g/mol. The third-order valence-corrected chi connectivity index (χ3v) is 4.27. The molecule has 1 N–H and O–H groups in total. The number of ether oxygens (including phenoxy) is 1. The first-order valence-electron chi connectivity index (χ1n) is 6.76. The third-order valence-electron chi connectivity index (χ3n) is 3.74. The Morgan fingerprint density at radius 1 is 1.37 bits per heavy atom. The van der Waals surface area contributed by atoms with E-state index in [-0.39, 0.29) is 11.5 Å². The Morgan fingerprint density at radius 2 is 2.05 bits per heavy atom. The molecule has 1 aromatic carbocycles. The van der Waals surface area contributed by atoms with E-state index in [9.17, 15) is 5.11 Å². The van der Waals surface area contributed by atoms with Crippen LogP contribution in [0.25, 0.3) is 0 Å². The smallest absolute Gasteiger partial charge is 0.119 e. The van der Waals surface area contributed by atoms with Crippen molar-refractivity contribution in [3.63, 3.8) is 0 Å². The third kappa shape index (κ3) is 4.20. The maximum absolute atomic E-state index is 9.92. The van der Waals surface area contributed by atoms with Crippen LogP contribution in [0.1, 0.15) is 20.3 Å². The Morgan fingerprint density at radius 3 is 2.68 bits per heavy atom. The molecule has 1 heterocycles. The highest BCUT2D eigenvalue weighted by atomic mass is 79.9. The zero-order valence-corrected chi connectivity index (χ0v) is 13.2. The highest BCUT2D eigenvalue weighted by Crippen LogP contribution is 2.28. The summed E-state index contributed by atoms with van der Waals surface area (Å²) in [5, 5.41) is 9.92. The number of likely N-dealkylation sites (tertiary alicyclic amines) is 1. The minimum atomic E-state index is -0.184. The Hall–Kier alpha value is -0.580. The second-order valence-electron chi connectivity index (χ2n) is 5.87. The Bertz CT molecular complexity index is 405. The van der Waals surface area contributed by atoms with Gasteiger partial charge in [-0.2, -0.15) is 0 Å². The van der Waals surface area contributed by atoms with Gasteiger partial charge < -0.3 is 9.84 Å². The van der Waals surface area contributed by atoms with E-state index >= 15 is 0 Å². The molecule has 1 aliphatic rings. The number of piperidine rings is 1. The summed E-state index contributed by atoms with van der Waals surface area (Å²) in [4.78, 5) is 2.37. The van der Waals surface area contributed by atoms with E-state index in [1.54, 1.807) is 0 Å². The van der Waals surface area contributed by atoms with Gasteiger partial charge in [-0.25, -0.2) is 0 Å². The summed E-state index contributed by atoms with van der Waals surface area (Å²) in [6.07, 6.45) is 0.668. The lowest BCUT2D eigenvalue weighted by molar-refractivity contribution is -0.0271. The number of halogens is 1. The molecule has 1 saturated heterocycles. The molecular weight excluding hydrogens is 306 g/mol. The van der Waals surface area contributed by atoms with Crippen molar-refractivity contribution in [3.8, 4) is 5.75 Å². The molecule has 19 heavy (non-hydrogen) atoms. The molecule has 0 amide bonds. The number of rotatable bonds is 4.